The van der Waals surface area contributed by atoms with Gasteiger partial charge < -0.3 is 15.4 Å². The summed E-state index contributed by atoms with van der Waals surface area (Å²) in [6.45, 7) is 3.46. The van der Waals surface area contributed by atoms with Gasteiger partial charge in [-0.1, -0.05) is 0 Å². The van der Waals surface area contributed by atoms with Crippen molar-refractivity contribution in [3.8, 4) is 0 Å². The van der Waals surface area contributed by atoms with Gasteiger partial charge in [0.25, 0.3) is 0 Å². The van der Waals surface area contributed by atoms with Gasteiger partial charge in [-0.2, -0.15) is 0 Å². The second-order valence-corrected chi connectivity index (χ2v) is 5.72. The zero-order valence-electron chi connectivity index (χ0n) is 10.9. The summed E-state index contributed by atoms with van der Waals surface area (Å²) in [5.41, 5.74) is 0. The molecule has 4 nitrogen and oxygen atoms in total. The van der Waals surface area contributed by atoms with Crippen LogP contribution < -0.4 is 10.6 Å². The maximum absolute atomic E-state index is 12.2. The number of morpholine rings is 1. The van der Waals surface area contributed by atoms with Gasteiger partial charge >= 0.3 is 0 Å². The first-order chi connectivity index (χ1) is 8.25. The molecule has 5 heteroatoms. The number of amides is 1. The number of hydrogen-bond donors (Lipinski definition) is 2. The fourth-order valence-corrected chi connectivity index (χ4v) is 2.81. The number of nitrogens with one attached hydrogen (secondary N) is 2. The molecule has 0 spiro atoms. The third-order valence-electron chi connectivity index (χ3n) is 4.17. The molecule has 1 heterocycles. The van der Waals surface area contributed by atoms with Gasteiger partial charge in [0.15, 0.2) is 0 Å². The van der Waals surface area contributed by atoms with Gasteiger partial charge in [0.05, 0.1) is 12.7 Å². The van der Waals surface area contributed by atoms with E-state index in [1.54, 1.807) is 0 Å². The molecule has 0 aromatic heterocycles. The van der Waals surface area contributed by atoms with Gasteiger partial charge in [-0.05, 0) is 44.4 Å². The highest BCUT2D eigenvalue weighted by molar-refractivity contribution is 5.85. The van der Waals surface area contributed by atoms with Gasteiger partial charge in [0.2, 0.25) is 5.91 Å². The average molecular weight is 275 g/mol. The Morgan fingerprint density at radius 3 is 2.39 bits per heavy atom. The van der Waals surface area contributed by atoms with E-state index >= 15 is 0 Å². The lowest BCUT2D eigenvalue weighted by Crippen LogP contribution is -2.57. The van der Waals surface area contributed by atoms with Crippen molar-refractivity contribution in [2.45, 2.75) is 50.8 Å². The zero-order valence-corrected chi connectivity index (χ0v) is 11.7. The third-order valence-corrected chi connectivity index (χ3v) is 4.17. The fraction of sp³-hybridized carbons (Fsp3) is 0.923. The van der Waals surface area contributed by atoms with Crippen LogP contribution in [0.2, 0.25) is 0 Å². The molecule has 18 heavy (non-hydrogen) atoms. The van der Waals surface area contributed by atoms with E-state index in [0.717, 1.165) is 18.4 Å². The first kappa shape index (κ1) is 14.1. The summed E-state index contributed by atoms with van der Waals surface area (Å²) < 4.78 is 5.52. The molecule has 2 saturated carbocycles. The van der Waals surface area contributed by atoms with E-state index in [1.807, 2.05) is 6.92 Å². The van der Waals surface area contributed by atoms with Gasteiger partial charge in [-0.25, -0.2) is 0 Å². The van der Waals surface area contributed by atoms with Crippen molar-refractivity contribution in [3.63, 3.8) is 0 Å². The summed E-state index contributed by atoms with van der Waals surface area (Å²) in [4.78, 5) is 12.2. The van der Waals surface area contributed by atoms with Crippen molar-refractivity contribution in [1.29, 1.82) is 0 Å². The number of carbonyl (C=O) groups excluding carboxylic acids is 1. The van der Waals surface area contributed by atoms with Crippen LogP contribution in [0.4, 0.5) is 0 Å². The minimum atomic E-state index is -0.163. The Bertz CT molecular complexity index is 293. The summed E-state index contributed by atoms with van der Waals surface area (Å²) >= 11 is 0. The molecule has 3 aliphatic rings. The standard InChI is InChI=1S/C13H22N2O2.ClH/c1-8-11(14-6-7-17-8)13(16)15-12(9-2-3-9)10-4-5-10;/h8-12,14H,2-7H2,1H3,(H,15,16);1H/t8-,11+;/m1./s1. The van der Waals surface area contributed by atoms with Crippen molar-refractivity contribution in [1.82, 2.24) is 10.6 Å². The van der Waals surface area contributed by atoms with Crippen LogP contribution in [0.25, 0.3) is 0 Å². The number of ether oxygens (including phenoxy) is 1. The highest BCUT2D eigenvalue weighted by atomic mass is 35.5. The van der Waals surface area contributed by atoms with E-state index < -0.39 is 0 Å². The number of carbonyl (C=O) groups is 1. The molecule has 2 N–H and O–H groups in total. The van der Waals surface area contributed by atoms with E-state index in [9.17, 15) is 4.79 Å². The highest BCUT2D eigenvalue weighted by Gasteiger charge is 2.43. The molecule has 2 atom stereocenters. The van der Waals surface area contributed by atoms with Crippen LogP contribution >= 0.6 is 12.4 Å². The first-order valence-electron chi connectivity index (χ1n) is 6.91. The van der Waals surface area contributed by atoms with Crippen LogP contribution in [0.3, 0.4) is 0 Å². The van der Waals surface area contributed by atoms with Crippen LogP contribution in [0.1, 0.15) is 32.6 Å². The van der Waals surface area contributed by atoms with E-state index in [0.29, 0.717) is 12.6 Å². The lowest BCUT2D eigenvalue weighted by atomic mass is 10.1. The second-order valence-electron chi connectivity index (χ2n) is 5.72. The Labute approximate surface area is 115 Å². The topological polar surface area (TPSA) is 50.4 Å². The highest BCUT2D eigenvalue weighted by Crippen LogP contribution is 2.44. The molecule has 1 aliphatic heterocycles. The number of rotatable bonds is 4. The predicted octanol–water partition coefficient (Wildman–Crippen LogP) is 1.09. The largest absolute Gasteiger partial charge is 0.375 e. The quantitative estimate of drug-likeness (QED) is 0.807. The van der Waals surface area contributed by atoms with Crippen molar-refractivity contribution in [3.05, 3.63) is 0 Å². The molecule has 2 aliphatic carbocycles. The minimum absolute atomic E-state index is 0. The molecule has 0 aromatic carbocycles. The van der Waals surface area contributed by atoms with E-state index in [1.165, 1.54) is 25.7 Å². The molecule has 3 rings (SSSR count). The van der Waals surface area contributed by atoms with Crippen molar-refractivity contribution in [2.75, 3.05) is 13.2 Å². The normalized spacial score (nSPS) is 31.9. The summed E-state index contributed by atoms with van der Waals surface area (Å²) in [7, 11) is 0. The molecule has 0 aromatic rings. The summed E-state index contributed by atoms with van der Waals surface area (Å²) in [5.74, 6) is 1.65. The smallest absolute Gasteiger partial charge is 0.240 e. The Morgan fingerprint density at radius 2 is 1.89 bits per heavy atom. The van der Waals surface area contributed by atoms with Crippen LogP contribution in [-0.4, -0.2) is 37.2 Å². The molecular weight excluding hydrogens is 252 g/mol. The van der Waals surface area contributed by atoms with E-state index in [-0.39, 0.29) is 30.5 Å². The molecule has 104 valence electrons. The van der Waals surface area contributed by atoms with Crippen molar-refractivity contribution in [2.24, 2.45) is 11.8 Å². The molecular formula is C13H23ClN2O2. The van der Waals surface area contributed by atoms with Gasteiger partial charge in [0, 0.05) is 12.6 Å². The Balaban J connectivity index is 0.00000120. The Morgan fingerprint density at radius 1 is 1.28 bits per heavy atom. The maximum Gasteiger partial charge on any atom is 0.240 e. The summed E-state index contributed by atoms with van der Waals surface area (Å²) in [6, 6.07) is 0.280. The Hall–Kier alpha value is -0.320. The number of halogens is 1. The monoisotopic (exact) mass is 274 g/mol. The molecule has 1 amide bonds. The fourth-order valence-electron chi connectivity index (χ4n) is 2.81. The lowest BCUT2D eigenvalue weighted by Gasteiger charge is -2.31. The summed E-state index contributed by atoms with van der Waals surface area (Å²) in [5, 5.41) is 6.52. The average Bonchev–Trinajstić information content (AvgIpc) is 3.16. The lowest BCUT2D eigenvalue weighted by molar-refractivity contribution is -0.130. The van der Waals surface area contributed by atoms with Gasteiger partial charge in [-0.15, -0.1) is 12.4 Å². The van der Waals surface area contributed by atoms with Crippen molar-refractivity contribution < 1.29 is 9.53 Å². The predicted molar refractivity (Wildman–Crippen MR) is 71.8 cm³/mol. The van der Waals surface area contributed by atoms with Gasteiger partial charge in [0.1, 0.15) is 6.04 Å². The van der Waals surface area contributed by atoms with Crippen LogP contribution in [0.5, 0.6) is 0 Å². The van der Waals surface area contributed by atoms with Gasteiger partial charge in [-0.3, -0.25) is 4.79 Å². The molecule has 0 bridgehead atoms. The summed E-state index contributed by atoms with van der Waals surface area (Å²) in [6.07, 6.45) is 5.18. The first-order valence-corrected chi connectivity index (χ1v) is 6.91. The minimum Gasteiger partial charge on any atom is -0.375 e. The zero-order chi connectivity index (χ0) is 11.8. The molecule has 0 radical (unpaired) electrons. The van der Waals surface area contributed by atoms with E-state index in [4.69, 9.17) is 4.74 Å². The van der Waals surface area contributed by atoms with Crippen LogP contribution in [0, 0.1) is 11.8 Å². The SMILES string of the molecule is C[C@H]1OCCN[C@@H]1C(=O)NC(C1CC1)C1CC1.Cl. The third kappa shape index (κ3) is 3.16. The van der Waals surface area contributed by atoms with E-state index in [2.05, 4.69) is 10.6 Å². The van der Waals surface area contributed by atoms with Crippen molar-refractivity contribution >= 4 is 18.3 Å². The number of hydrogen-bond acceptors (Lipinski definition) is 3. The molecule has 0 unspecified atom stereocenters. The second kappa shape index (κ2) is 5.76. The Kier molecular flexibility index (Phi) is 4.51. The molecule has 3 fully saturated rings. The van der Waals surface area contributed by atoms with Crippen LogP contribution in [-0.2, 0) is 9.53 Å². The van der Waals surface area contributed by atoms with Crippen LogP contribution in [0.15, 0.2) is 0 Å². The maximum atomic E-state index is 12.2. The molecule has 1 saturated heterocycles.